The molecule has 2 atom stereocenters. The van der Waals surface area contributed by atoms with Crippen LogP contribution >= 0.6 is 0 Å². The van der Waals surface area contributed by atoms with Gasteiger partial charge in [-0.3, -0.25) is 4.90 Å². The van der Waals surface area contributed by atoms with Gasteiger partial charge in [0.15, 0.2) is 0 Å². The fraction of sp³-hybridized carbons (Fsp3) is 0.667. The Balaban J connectivity index is 2.31. The van der Waals surface area contributed by atoms with Gasteiger partial charge in [0.2, 0.25) is 0 Å². The number of rotatable bonds is 7. The largest absolute Gasteiger partial charge is 0.326 e. The van der Waals surface area contributed by atoms with Crippen LogP contribution in [0.4, 0.5) is 0 Å². The van der Waals surface area contributed by atoms with Gasteiger partial charge < -0.3 is 5.73 Å². The molecule has 0 amide bonds. The summed E-state index contributed by atoms with van der Waals surface area (Å²) in [6.45, 7) is 10.2. The lowest BCUT2D eigenvalue weighted by atomic mass is 9.91. The highest BCUT2D eigenvalue weighted by Gasteiger charge is 2.33. The summed E-state index contributed by atoms with van der Waals surface area (Å²) in [4.78, 5) is 2.63. The molecule has 2 N–H and O–H groups in total. The minimum Gasteiger partial charge on any atom is -0.326 e. The third-order valence-electron chi connectivity index (χ3n) is 4.57. The van der Waals surface area contributed by atoms with E-state index in [2.05, 4.69) is 56.9 Å². The normalized spacial score (nSPS) is 18.6. The Labute approximate surface area is 124 Å². The molecule has 2 nitrogen and oxygen atoms in total. The van der Waals surface area contributed by atoms with Gasteiger partial charge in [0, 0.05) is 18.6 Å². The topological polar surface area (TPSA) is 29.3 Å². The second-order valence-electron chi connectivity index (χ2n) is 6.61. The second-order valence-corrected chi connectivity index (χ2v) is 6.61. The molecular formula is C18H30N2. The number of nitrogens with zero attached hydrogens (tertiary/aromatic N) is 1. The van der Waals surface area contributed by atoms with Gasteiger partial charge in [-0.25, -0.2) is 0 Å². The van der Waals surface area contributed by atoms with Crippen molar-refractivity contribution in [3.63, 3.8) is 0 Å². The molecule has 2 heteroatoms. The highest BCUT2D eigenvalue weighted by molar-refractivity contribution is 5.30. The van der Waals surface area contributed by atoms with E-state index in [1.807, 2.05) is 0 Å². The molecule has 112 valence electrons. The number of benzene rings is 1. The summed E-state index contributed by atoms with van der Waals surface area (Å²) in [5, 5.41) is 0. The van der Waals surface area contributed by atoms with Crippen molar-refractivity contribution < 1.29 is 0 Å². The zero-order valence-electron chi connectivity index (χ0n) is 13.5. The molecule has 2 rings (SSSR count). The molecule has 0 heterocycles. The van der Waals surface area contributed by atoms with Gasteiger partial charge in [0.1, 0.15) is 0 Å². The van der Waals surface area contributed by atoms with Gasteiger partial charge in [0.05, 0.1) is 6.04 Å². The molecule has 0 saturated heterocycles. The van der Waals surface area contributed by atoms with E-state index in [1.165, 1.54) is 30.5 Å². The summed E-state index contributed by atoms with van der Waals surface area (Å²) < 4.78 is 0. The first-order valence-electron chi connectivity index (χ1n) is 8.11. The van der Waals surface area contributed by atoms with Crippen molar-refractivity contribution in [3.05, 3.63) is 35.4 Å². The summed E-state index contributed by atoms with van der Waals surface area (Å²) in [6.07, 6.45) is 3.81. The van der Waals surface area contributed by atoms with Crippen molar-refractivity contribution in [2.75, 3.05) is 6.54 Å². The van der Waals surface area contributed by atoms with Gasteiger partial charge in [-0.2, -0.15) is 0 Å². The average Bonchev–Trinajstić information content (AvgIpc) is 3.23. The van der Waals surface area contributed by atoms with Crippen LogP contribution in [0.25, 0.3) is 0 Å². The summed E-state index contributed by atoms with van der Waals surface area (Å²) >= 11 is 0. The monoisotopic (exact) mass is 274 g/mol. The highest BCUT2D eigenvalue weighted by Crippen LogP contribution is 2.36. The van der Waals surface area contributed by atoms with Gasteiger partial charge in [0.25, 0.3) is 0 Å². The fourth-order valence-electron chi connectivity index (χ4n) is 3.04. The van der Waals surface area contributed by atoms with Crippen LogP contribution in [0.2, 0.25) is 0 Å². The van der Waals surface area contributed by atoms with Crippen LogP contribution in [0.5, 0.6) is 0 Å². The van der Waals surface area contributed by atoms with E-state index >= 15 is 0 Å². The molecule has 0 aromatic heterocycles. The summed E-state index contributed by atoms with van der Waals surface area (Å²) in [5.41, 5.74) is 9.29. The molecule has 1 aliphatic carbocycles. The Bertz CT molecular complexity index is 423. The van der Waals surface area contributed by atoms with Gasteiger partial charge in [-0.05, 0) is 57.1 Å². The molecule has 1 fully saturated rings. The van der Waals surface area contributed by atoms with Gasteiger partial charge >= 0.3 is 0 Å². The van der Waals surface area contributed by atoms with Crippen LogP contribution in [0, 0.1) is 12.8 Å². The molecule has 1 aliphatic rings. The minimum absolute atomic E-state index is 0.206. The lowest BCUT2D eigenvalue weighted by Crippen LogP contribution is -2.45. The predicted molar refractivity (Wildman–Crippen MR) is 86.8 cm³/mol. The third-order valence-corrected chi connectivity index (χ3v) is 4.57. The van der Waals surface area contributed by atoms with Gasteiger partial charge in [-0.15, -0.1) is 0 Å². The first-order valence-corrected chi connectivity index (χ1v) is 8.11. The molecule has 0 bridgehead atoms. The smallest absolute Gasteiger partial charge is 0.0504 e. The van der Waals surface area contributed by atoms with E-state index in [1.54, 1.807) is 0 Å². The number of hydrogen-bond acceptors (Lipinski definition) is 2. The minimum atomic E-state index is 0.206. The molecule has 1 aromatic rings. The Morgan fingerprint density at radius 1 is 1.25 bits per heavy atom. The number of aryl methyl sites for hydroxylation is 1. The summed E-state index contributed by atoms with van der Waals surface area (Å²) in [7, 11) is 0. The van der Waals surface area contributed by atoms with Crippen molar-refractivity contribution in [3.8, 4) is 0 Å². The summed E-state index contributed by atoms with van der Waals surface area (Å²) in [6, 6.07) is 9.83. The molecule has 0 spiro atoms. The Kier molecular flexibility index (Phi) is 5.22. The van der Waals surface area contributed by atoms with Crippen molar-refractivity contribution in [2.24, 2.45) is 11.7 Å². The number of hydrogen-bond donors (Lipinski definition) is 1. The van der Waals surface area contributed by atoms with E-state index in [4.69, 9.17) is 5.73 Å². The maximum absolute atomic E-state index is 6.51. The third kappa shape index (κ3) is 3.62. The van der Waals surface area contributed by atoms with E-state index in [-0.39, 0.29) is 6.04 Å². The zero-order valence-corrected chi connectivity index (χ0v) is 13.5. The lowest BCUT2D eigenvalue weighted by Gasteiger charge is -2.39. The quantitative estimate of drug-likeness (QED) is 0.817. The van der Waals surface area contributed by atoms with Crippen molar-refractivity contribution >= 4 is 0 Å². The Morgan fingerprint density at radius 3 is 2.40 bits per heavy atom. The molecule has 2 unspecified atom stereocenters. The standard InChI is InChI=1S/C18H30N2/c1-5-17(19)18(16-9-7-6-8-14(16)4)20(13(2)3)12-15-10-11-15/h6-9,13,15,17-18H,5,10-12,19H2,1-4H3. The zero-order chi connectivity index (χ0) is 14.7. The van der Waals surface area contributed by atoms with Crippen LogP contribution in [-0.2, 0) is 0 Å². The van der Waals surface area contributed by atoms with Crippen LogP contribution in [0.1, 0.15) is 57.2 Å². The average molecular weight is 274 g/mol. The maximum Gasteiger partial charge on any atom is 0.0504 e. The summed E-state index contributed by atoms with van der Waals surface area (Å²) in [5.74, 6) is 0.896. The second kappa shape index (κ2) is 6.73. The SMILES string of the molecule is CCC(N)C(c1ccccc1C)N(CC1CC1)C(C)C. The van der Waals surface area contributed by atoms with Gasteiger partial charge in [-0.1, -0.05) is 31.2 Å². The molecule has 1 saturated carbocycles. The first-order chi connectivity index (χ1) is 9.54. The molecule has 20 heavy (non-hydrogen) atoms. The van der Waals surface area contributed by atoms with E-state index in [9.17, 15) is 0 Å². The van der Waals surface area contributed by atoms with Crippen LogP contribution in [0.15, 0.2) is 24.3 Å². The Morgan fingerprint density at radius 2 is 1.90 bits per heavy atom. The maximum atomic E-state index is 6.51. The number of nitrogens with two attached hydrogens (primary N) is 1. The first kappa shape index (κ1) is 15.5. The highest BCUT2D eigenvalue weighted by atomic mass is 15.2. The fourth-order valence-corrected chi connectivity index (χ4v) is 3.04. The molecular weight excluding hydrogens is 244 g/mol. The van der Waals surface area contributed by atoms with Crippen LogP contribution in [-0.4, -0.2) is 23.5 Å². The van der Waals surface area contributed by atoms with Crippen molar-refractivity contribution in [1.29, 1.82) is 0 Å². The molecule has 0 radical (unpaired) electrons. The molecule has 1 aromatic carbocycles. The van der Waals surface area contributed by atoms with Crippen LogP contribution in [0.3, 0.4) is 0 Å². The van der Waals surface area contributed by atoms with E-state index in [0.717, 1.165) is 12.3 Å². The van der Waals surface area contributed by atoms with E-state index < -0.39 is 0 Å². The molecule has 0 aliphatic heterocycles. The van der Waals surface area contributed by atoms with Crippen molar-refractivity contribution in [1.82, 2.24) is 4.90 Å². The van der Waals surface area contributed by atoms with Crippen LogP contribution < -0.4 is 5.73 Å². The Hall–Kier alpha value is -0.860. The lowest BCUT2D eigenvalue weighted by molar-refractivity contribution is 0.123. The van der Waals surface area contributed by atoms with Crippen molar-refractivity contribution in [2.45, 2.75) is 65.1 Å². The predicted octanol–water partition coefficient (Wildman–Crippen LogP) is 3.89. The van der Waals surface area contributed by atoms with E-state index in [0.29, 0.717) is 12.1 Å².